The van der Waals surface area contributed by atoms with Gasteiger partial charge in [0.15, 0.2) is 0 Å². The highest BCUT2D eigenvalue weighted by molar-refractivity contribution is 9.10. The van der Waals surface area contributed by atoms with Crippen molar-refractivity contribution in [3.8, 4) is 17.0 Å². The summed E-state index contributed by atoms with van der Waals surface area (Å²) < 4.78 is 8.21. The van der Waals surface area contributed by atoms with Gasteiger partial charge in [0.2, 0.25) is 0 Å². The molecule has 142 valence electrons. The average molecular weight is 432 g/mol. The quantitative estimate of drug-likeness (QED) is 0.560. The molecule has 2 heterocycles. The summed E-state index contributed by atoms with van der Waals surface area (Å²) in [6, 6.07) is 9.30. The molecule has 2 aromatic heterocycles. The van der Waals surface area contributed by atoms with Crippen LogP contribution in [0.5, 0.6) is 5.75 Å². The molecule has 0 spiro atoms. The third-order valence-corrected chi connectivity index (χ3v) is 5.46. The second-order valence-corrected chi connectivity index (χ2v) is 7.01. The monoisotopic (exact) mass is 431 g/mol. The normalized spacial score (nSPS) is 10.8. The lowest BCUT2D eigenvalue weighted by atomic mass is 10.1. The summed E-state index contributed by atoms with van der Waals surface area (Å²) in [6.07, 6.45) is 0.789. The summed E-state index contributed by atoms with van der Waals surface area (Å²) in [5, 5.41) is 14.4. The molecule has 7 nitrogen and oxygen atoms in total. The zero-order chi connectivity index (χ0) is 19.4. The molecular formula is C19H22BrN5O2. The van der Waals surface area contributed by atoms with E-state index in [2.05, 4.69) is 36.5 Å². The Hall–Kier alpha value is -2.61. The largest absolute Gasteiger partial charge is 0.497 e. The molecule has 8 heteroatoms. The van der Waals surface area contributed by atoms with Crippen LogP contribution >= 0.6 is 15.9 Å². The third kappa shape index (κ3) is 4.39. The van der Waals surface area contributed by atoms with Crippen LogP contribution in [0.2, 0.25) is 0 Å². The van der Waals surface area contributed by atoms with Gasteiger partial charge in [-0.1, -0.05) is 12.1 Å². The fraction of sp³-hybridized carbons (Fsp3) is 0.316. The first kappa shape index (κ1) is 19.2. The molecule has 0 saturated heterocycles. The maximum Gasteiger partial charge on any atom is 0.269 e. The first-order valence-corrected chi connectivity index (χ1v) is 9.46. The number of ether oxygens (including phenoxy) is 1. The number of carbonyl (C=O) groups excluding carboxylic acids is 1. The Morgan fingerprint density at radius 1 is 1.33 bits per heavy atom. The van der Waals surface area contributed by atoms with Gasteiger partial charge in [-0.2, -0.15) is 10.2 Å². The fourth-order valence-electron chi connectivity index (χ4n) is 2.79. The number of halogens is 1. The molecule has 2 N–H and O–H groups in total. The van der Waals surface area contributed by atoms with Gasteiger partial charge in [-0.15, -0.1) is 0 Å². The Balaban J connectivity index is 1.54. The molecule has 3 rings (SSSR count). The fourth-order valence-corrected chi connectivity index (χ4v) is 3.07. The van der Waals surface area contributed by atoms with E-state index in [0.29, 0.717) is 17.9 Å². The topological polar surface area (TPSA) is 84.8 Å². The van der Waals surface area contributed by atoms with E-state index in [4.69, 9.17) is 4.74 Å². The molecule has 0 fully saturated rings. The second-order valence-electron chi connectivity index (χ2n) is 6.22. The summed E-state index contributed by atoms with van der Waals surface area (Å²) in [6.45, 7) is 5.29. The van der Waals surface area contributed by atoms with Crippen LogP contribution in [0.4, 0.5) is 0 Å². The Bertz CT molecular complexity index is 947. The van der Waals surface area contributed by atoms with Gasteiger partial charge in [0, 0.05) is 24.3 Å². The number of amides is 1. The van der Waals surface area contributed by atoms with E-state index < -0.39 is 0 Å². The van der Waals surface area contributed by atoms with E-state index in [1.165, 1.54) is 0 Å². The number of methoxy groups -OCH3 is 1. The predicted octanol–water partition coefficient (Wildman–Crippen LogP) is 3.48. The molecule has 0 radical (unpaired) electrons. The van der Waals surface area contributed by atoms with Gasteiger partial charge in [-0.25, -0.2) is 0 Å². The molecule has 0 aliphatic heterocycles. The van der Waals surface area contributed by atoms with Crippen LogP contribution in [0.25, 0.3) is 11.3 Å². The van der Waals surface area contributed by atoms with Crippen LogP contribution in [0.3, 0.4) is 0 Å². The molecule has 27 heavy (non-hydrogen) atoms. The molecule has 0 aliphatic carbocycles. The maximum absolute atomic E-state index is 12.3. The molecule has 0 unspecified atom stereocenters. The average Bonchev–Trinajstić information content (AvgIpc) is 3.27. The lowest BCUT2D eigenvalue weighted by Crippen LogP contribution is -2.25. The Morgan fingerprint density at radius 3 is 2.85 bits per heavy atom. The number of nitrogens with one attached hydrogen (secondary N) is 2. The number of hydrogen-bond donors (Lipinski definition) is 2. The highest BCUT2D eigenvalue weighted by atomic mass is 79.9. The van der Waals surface area contributed by atoms with Crippen molar-refractivity contribution in [2.24, 2.45) is 0 Å². The number of nitrogens with zero attached hydrogens (tertiary/aromatic N) is 3. The molecule has 0 aliphatic rings. The summed E-state index contributed by atoms with van der Waals surface area (Å²) in [5.41, 5.74) is 4.09. The third-order valence-electron chi connectivity index (χ3n) is 4.31. The van der Waals surface area contributed by atoms with Gasteiger partial charge >= 0.3 is 0 Å². The van der Waals surface area contributed by atoms with Crippen LogP contribution in [0.1, 0.15) is 28.3 Å². The van der Waals surface area contributed by atoms with Crippen molar-refractivity contribution < 1.29 is 9.53 Å². The number of benzene rings is 1. The van der Waals surface area contributed by atoms with Crippen LogP contribution in [0.15, 0.2) is 34.8 Å². The first-order chi connectivity index (χ1) is 13.0. The summed E-state index contributed by atoms with van der Waals surface area (Å²) >= 11 is 3.52. The van der Waals surface area contributed by atoms with Crippen molar-refractivity contribution in [3.63, 3.8) is 0 Å². The molecule has 0 saturated carbocycles. The minimum Gasteiger partial charge on any atom is -0.497 e. The lowest BCUT2D eigenvalue weighted by molar-refractivity contribution is 0.0947. The standard InChI is InChI=1S/C19H22BrN5O2/c1-12-18(20)13(2)25(24-12)9-5-8-21-19(26)17-11-16(22-23-17)14-6-4-7-15(10-14)27-3/h4,6-7,10-11H,5,8-9H2,1-3H3,(H,21,26)(H,22,23). The van der Waals surface area contributed by atoms with Crippen LogP contribution in [-0.4, -0.2) is 39.5 Å². The second kappa shape index (κ2) is 8.39. The van der Waals surface area contributed by atoms with Gasteiger partial charge in [0.1, 0.15) is 11.4 Å². The van der Waals surface area contributed by atoms with Gasteiger partial charge < -0.3 is 10.1 Å². The highest BCUT2D eigenvalue weighted by Gasteiger charge is 2.12. The molecule has 3 aromatic rings. The lowest BCUT2D eigenvalue weighted by Gasteiger charge is -2.06. The van der Waals surface area contributed by atoms with Gasteiger partial charge in [0.25, 0.3) is 5.91 Å². The van der Waals surface area contributed by atoms with Crippen molar-refractivity contribution >= 4 is 21.8 Å². The van der Waals surface area contributed by atoms with E-state index in [9.17, 15) is 4.79 Å². The van der Waals surface area contributed by atoms with Crippen LogP contribution in [0, 0.1) is 13.8 Å². The number of H-pyrrole nitrogens is 1. The summed E-state index contributed by atoms with van der Waals surface area (Å²) in [5.74, 6) is 0.573. The first-order valence-electron chi connectivity index (χ1n) is 8.67. The van der Waals surface area contributed by atoms with Crippen molar-refractivity contribution in [1.29, 1.82) is 0 Å². The van der Waals surface area contributed by atoms with Gasteiger partial charge in [0.05, 0.1) is 23.0 Å². The van der Waals surface area contributed by atoms with Crippen LogP contribution < -0.4 is 10.1 Å². The highest BCUT2D eigenvalue weighted by Crippen LogP contribution is 2.22. The molecular weight excluding hydrogens is 410 g/mol. The molecule has 1 aromatic carbocycles. The van der Waals surface area contributed by atoms with Gasteiger partial charge in [-0.3, -0.25) is 14.6 Å². The zero-order valence-electron chi connectivity index (χ0n) is 15.5. The van der Waals surface area contributed by atoms with E-state index in [1.807, 2.05) is 42.8 Å². The Labute approximate surface area is 166 Å². The molecule has 0 bridgehead atoms. The number of aromatic amines is 1. The van der Waals surface area contributed by atoms with Crippen molar-refractivity contribution in [1.82, 2.24) is 25.3 Å². The molecule has 0 atom stereocenters. The summed E-state index contributed by atoms with van der Waals surface area (Å²) in [7, 11) is 1.62. The smallest absolute Gasteiger partial charge is 0.269 e. The Kier molecular flexibility index (Phi) is 5.95. The molecule has 1 amide bonds. The van der Waals surface area contributed by atoms with E-state index in [1.54, 1.807) is 13.2 Å². The minimum atomic E-state index is -0.175. The number of aryl methyl sites for hydroxylation is 2. The van der Waals surface area contributed by atoms with Gasteiger partial charge in [-0.05, 0) is 54.4 Å². The van der Waals surface area contributed by atoms with Crippen LogP contribution in [-0.2, 0) is 6.54 Å². The number of carbonyl (C=O) groups is 1. The summed E-state index contributed by atoms with van der Waals surface area (Å²) in [4.78, 5) is 12.3. The van der Waals surface area contributed by atoms with Crippen molar-refractivity contribution in [2.75, 3.05) is 13.7 Å². The number of hydrogen-bond acceptors (Lipinski definition) is 4. The number of rotatable bonds is 7. The zero-order valence-corrected chi connectivity index (χ0v) is 17.1. The Morgan fingerprint density at radius 2 is 2.15 bits per heavy atom. The number of aromatic nitrogens is 4. The van der Waals surface area contributed by atoms with E-state index in [-0.39, 0.29) is 5.91 Å². The van der Waals surface area contributed by atoms with Crippen molar-refractivity contribution in [3.05, 3.63) is 51.9 Å². The van der Waals surface area contributed by atoms with E-state index in [0.717, 1.165) is 40.1 Å². The van der Waals surface area contributed by atoms with E-state index >= 15 is 0 Å². The minimum absolute atomic E-state index is 0.175. The SMILES string of the molecule is COc1cccc(-c2cc(C(=O)NCCCn3nc(C)c(Br)c3C)[nH]n2)c1. The maximum atomic E-state index is 12.3. The predicted molar refractivity (Wildman–Crippen MR) is 107 cm³/mol. The van der Waals surface area contributed by atoms with Crippen molar-refractivity contribution in [2.45, 2.75) is 26.8 Å².